The topological polar surface area (TPSA) is 3.24 Å². The molecule has 0 unspecified atom stereocenters. The molecule has 0 bridgehead atoms. The predicted molar refractivity (Wildman–Crippen MR) is 71.3 cm³/mol. The van der Waals surface area contributed by atoms with Gasteiger partial charge in [-0.15, -0.1) is 11.8 Å². The van der Waals surface area contributed by atoms with Crippen LogP contribution in [0.5, 0.6) is 0 Å². The van der Waals surface area contributed by atoms with Crippen molar-refractivity contribution in [2.24, 2.45) is 11.8 Å². The van der Waals surface area contributed by atoms with Gasteiger partial charge in [-0.05, 0) is 51.2 Å². The van der Waals surface area contributed by atoms with Gasteiger partial charge in [0.05, 0.1) is 0 Å². The molecule has 0 aromatic carbocycles. The van der Waals surface area contributed by atoms with Gasteiger partial charge in [0.2, 0.25) is 0 Å². The van der Waals surface area contributed by atoms with Crippen LogP contribution in [-0.4, -0.2) is 24.5 Å². The molecule has 0 radical (unpaired) electrons. The number of piperidine rings is 1. The van der Waals surface area contributed by atoms with E-state index in [1.807, 2.05) is 0 Å². The Morgan fingerprint density at radius 3 is 2.50 bits per heavy atom. The van der Waals surface area contributed by atoms with Crippen LogP contribution in [0.2, 0.25) is 0 Å². The van der Waals surface area contributed by atoms with E-state index >= 15 is 0 Å². The summed E-state index contributed by atoms with van der Waals surface area (Å²) in [6.07, 6.45) is 6.61. The lowest BCUT2D eigenvalue weighted by Gasteiger charge is -2.30. The summed E-state index contributed by atoms with van der Waals surface area (Å²) in [7, 11) is 0. The first-order valence-corrected chi connectivity index (χ1v) is 6.93. The fourth-order valence-corrected chi connectivity index (χ4v) is 2.35. The summed E-state index contributed by atoms with van der Waals surface area (Å²) in [6, 6.07) is 0. The highest BCUT2D eigenvalue weighted by atomic mass is 15.1. The lowest BCUT2D eigenvalue weighted by atomic mass is 9.91. The molecule has 1 aliphatic rings. The number of likely N-dealkylation sites (tertiary alicyclic amines) is 1. The largest absolute Gasteiger partial charge is 0.304 e. The molecule has 0 aromatic heterocycles. The molecule has 1 heteroatoms. The molecule has 1 fully saturated rings. The van der Waals surface area contributed by atoms with E-state index in [0.29, 0.717) is 5.92 Å². The van der Waals surface area contributed by atoms with Crippen molar-refractivity contribution in [3.8, 4) is 11.8 Å². The molecule has 0 spiro atoms. The average Bonchev–Trinajstić information content (AvgIpc) is 2.29. The first kappa shape index (κ1) is 13.6. The maximum absolute atomic E-state index is 3.28. The van der Waals surface area contributed by atoms with E-state index in [2.05, 4.69) is 37.5 Å². The molecule has 0 N–H and O–H groups in total. The Bertz CT molecular complexity index is 226. The zero-order valence-corrected chi connectivity index (χ0v) is 11.3. The van der Waals surface area contributed by atoms with Crippen molar-refractivity contribution in [2.75, 3.05) is 19.6 Å². The minimum Gasteiger partial charge on any atom is -0.304 e. The van der Waals surface area contributed by atoms with E-state index in [0.717, 1.165) is 12.3 Å². The summed E-state index contributed by atoms with van der Waals surface area (Å²) in [5.74, 6) is 8.04. The maximum atomic E-state index is 3.28. The fraction of sp³-hybridized carbons (Fsp3) is 0.867. The Hall–Kier alpha value is -0.480. The monoisotopic (exact) mass is 221 g/mol. The second-order valence-corrected chi connectivity index (χ2v) is 5.25. The van der Waals surface area contributed by atoms with E-state index in [1.54, 1.807) is 0 Å². The summed E-state index contributed by atoms with van der Waals surface area (Å²) >= 11 is 0. The third-order valence-corrected chi connectivity index (χ3v) is 3.46. The standard InChI is InChI=1S/C15H27N/c1-4-16-12-10-15(11-13-16)9-7-5-6-8-14(2)3/h14-15H,4-5,7,9-13H2,1-3H3. The van der Waals surface area contributed by atoms with Crippen molar-refractivity contribution < 1.29 is 0 Å². The van der Waals surface area contributed by atoms with Gasteiger partial charge < -0.3 is 4.90 Å². The van der Waals surface area contributed by atoms with Crippen LogP contribution < -0.4 is 0 Å². The Balaban J connectivity index is 2.05. The van der Waals surface area contributed by atoms with Crippen LogP contribution in [0.3, 0.4) is 0 Å². The van der Waals surface area contributed by atoms with Crippen molar-refractivity contribution >= 4 is 0 Å². The molecule has 1 saturated heterocycles. The smallest absolute Gasteiger partial charge is 0.0146 e. The fourth-order valence-electron chi connectivity index (χ4n) is 2.35. The summed E-state index contributed by atoms with van der Waals surface area (Å²) in [6.45, 7) is 10.5. The van der Waals surface area contributed by atoms with Gasteiger partial charge >= 0.3 is 0 Å². The van der Waals surface area contributed by atoms with Crippen LogP contribution in [-0.2, 0) is 0 Å². The van der Waals surface area contributed by atoms with Crippen LogP contribution in [0.25, 0.3) is 0 Å². The number of unbranched alkanes of at least 4 members (excludes halogenated alkanes) is 1. The molecular formula is C15H27N. The third-order valence-electron chi connectivity index (χ3n) is 3.46. The van der Waals surface area contributed by atoms with Crippen LogP contribution in [0.4, 0.5) is 0 Å². The second-order valence-electron chi connectivity index (χ2n) is 5.25. The molecule has 1 nitrogen and oxygen atoms in total. The highest BCUT2D eigenvalue weighted by Gasteiger charge is 2.16. The highest BCUT2D eigenvalue weighted by Crippen LogP contribution is 2.22. The zero-order chi connectivity index (χ0) is 11.8. The van der Waals surface area contributed by atoms with E-state index in [9.17, 15) is 0 Å². The van der Waals surface area contributed by atoms with Crippen LogP contribution in [0.15, 0.2) is 0 Å². The Labute approximate surface area is 102 Å². The summed E-state index contributed by atoms with van der Waals surface area (Å²) in [5.41, 5.74) is 0. The lowest BCUT2D eigenvalue weighted by molar-refractivity contribution is 0.185. The summed E-state index contributed by atoms with van der Waals surface area (Å²) in [5, 5.41) is 0. The van der Waals surface area contributed by atoms with Gasteiger partial charge in [-0.25, -0.2) is 0 Å². The van der Waals surface area contributed by atoms with Gasteiger partial charge in [0.25, 0.3) is 0 Å². The van der Waals surface area contributed by atoms with Gasteiger partial charge in [-0.2, -0.15) is 0 Å². The minimum atomic E-state index is 0.535. The zero-order valence-electron chi connectivity index (χ0n) is 11.3. The minimum absolute atomic E-state index is 0.535. The van der Waals surface area contributed by atoms with Crippen LogP contribution in [0.1, 0.15) is 52.9 Å². The molecule has 0 aliphatic carbocycles. The quantitative estimate of drug-likeness (QED) is 0.518. The van der Waals surface area contributed by atoms with Crippen molar-refractivity contribution in [1.29, 1.82) is 0 Å². The number of rotatable bonds is 4. The molecule has 16 heavy (non-hydrogen) atoms. The van der Waals surface area contributed by atoms with E-state index < -0.39 is 0 Å². The molecule has 1 heterocycles. The average molecular weight is 221 g/mol. The van der Waals surface area contributed by atoms with Gasteiger partial charge in [0.1, 0.15) is 0 Å². The normalized spacial score (nSPS) is 18.5. The van der Waals surface area contributed by atoms with Gasteiger partial charge in [-0.3, -0.25) is 0 Å². The van der Waals surface area contributed by atoms with Crippen molar-refractivity contribution in [3.05, 3.63) is 0 Å². The molecule has 1 rings (SSSR count). The van der Waals surface area contributed by atoms with Gasteiger partial charge in [0.15, 0.2) is 0 Å². The molecule has 0 saturated carbocycles. The van der Waals surface area contributed by atoms with E-state index in [-0.39, 0.29) is 0 Å². The molecule has 0 atom stereocenters. The molecule has 0 amide bonds. The van der Waals surface area contributed by atoms with E-state index in [4.69, 9.17) is 0 Å². The Kier molecular flexibility index (Phi) is 6.57. The second kappa shape index (κ2) is 7.74. The van der Waals surface area contributed by atoms with Crippen molar-refractivity contribution in [2.45, 2.75) is 52.9 Å². The van der Waals surface area contributed by atoms with Crippen molar-refractivity contribution in [1.82, 2.24) is 4.90 Å². The first-order chi connectivity index (χ1) is 7.72. The number of hydrogen-bond acceptors (Lipinski definition) is 1. The van der Waals surface area contributed by atoms with Crippen molar-refractivity contribution in [3.63, 3.8) is 0 Å². The SMILES string of the molecule is CCN1CCC(CCCC#CC(C)C)CC1. The summed E-state index contributed by atoms with van der Waals surface area (Å²) in [4.78, 5) is 2.56. The molecular weight excluding hydrogens is 194 g/mol. The van der Waals surface area contributed by atoms with Gasteiger partial charge in [0, 0.05) is 12.3 Å². The van der Waals surface area contributed by atoms with E-state index in [1.165, 1.54) is 45.3 Å². The van der Waals surface area contributed by atoms with Gasteiger partial charge in [-0.1, -0.05) is 20.8 Å². The predicted octanol–water partition coefficient (Wildman–Crippen LogP) is 3.55. The third kappa shape index (κ3) is 5.56. The summed E-state index contributed by atoms with van der Waals surface area (Å²) < 4.78 is 0. The number of nitrogens with zero attached hydrogens (tertiary/aromatic N) is 1. The highest BCUT2D eigenvalue weighted by molar-refractivity contribution is 5.00. The Morgan fingerprint density at radius 1 is 1.25 bits per heavy atom. The lowest BCUT2D eigenvalue weighted by Crippen LogP contribution is -2.33. The molecule has 0 aromatic rings. The molecule has 92 valence electrons. The van der Waals surface area contributed by atoms with Crippen LogP contribution in [0, 0.1) is 23.7 Å². The first-order valence-electron chi connectivity index (χ1n) is 6.93. The molecule has 1 aliphatic heterocycles. The maximum Gasteiger partial charge on any atom is 0.0146 e. The number of hydrogen-bond donors (Lipinski definition) is 0. The van der Waals surface area contributed by atoms with Crippen LogP contribution >= 0.6 is 0 Å². The Morgan fingerprint density at radius 2 is 1.94 bits per heavy atom.